The molecule has 0 aromatic carbocycles. The molecule has 0 heteroatoms. The molecule has 0 saturated heterocycles. The lowest BCUT2D eigenvalue weighted by Crippen LogP contribution is -1.59. The molecule has 1 saturated carbocycles. The van der Waals surface area contributed by atoms with Crippen molar-refractivity contribution in [2.75, 3.05) is 0 Å². The van der Waals surface area contributed by atoms with E-state index < -0.39 is 0 Å². The smallest absolute Gasteiger partial charge is 0.0417 e. The van der Waals surface area contributed by atoms with Crippen LogP contribution in [0.3, 0.4) is 0 Å². The first kappa shape index (κ1) is 8.00. The molecule has 0 aliphatic heterocycles. The van der Waals surface area contributed by atoms with Crippen molar-refractivity contribution in [3.63, 3.8) is 0 Å². The summed E-state index contributed by atoms with van der Waals surface area (Å²) < 4.78 is 0. The van der Waals surface area contributed by atoms with Gasteiger partial charge in [-0.2, -0.15) is 0 Å². The molecule has 0 amide bonds. The Kier molecular flexibility index (Phi) is 5.14. The fourth-order valence-corrected chi connectivity index (χ4v) is 0.526. The van der Waals surface area contributed by atoms with E-state index in [-0.39, 0.29) is 0 Å². The third kappa shape index (κ3) is 6.00. The SMILES string of the molecule is CCC.CCC1CC1. The number of hydrogen-bond acceptors (Lipinski definition) is 0. The predicted octanol–water partition coefficient (Wildman–Crippen LogP) is 3.22. The maximum absolute atomic E-state index is 2.26. The van der Waals surface area contributed by atoms with Crippen LogP contribution in [0.4, 0.5) is 0 Å². The molecular weight excluding hydrogens is 96.1 g/mol. The normalized spacial score (nSPS) is 16.9. The molecule has 8 heavy (non-hydrogen) atoms. The standard InChI is InChI=1S/C5H10.C3H8/c1-2-5-3-4-5;1-3-2/h5H,2-4H2,1H3;3H2,1-2H3. The second-order valence-corrected chi connectivity index (χ2v) is 2.56. The maximum Gasteiger partial charge on any atom is -0.0417 e. The Balaban J connectivity index is 0.000000145. The van der Waals surface area contributed by atoms with Crippen LogP contribution in [-0.4, -0.2) is 0 Å². The van der Waals surface area contributed by atoms with Gasteiger partial charge in [0, 0.05) is 0 Å². The van der Waals surface area contributed by atoms with Crippen molar-refractivity contribution in [3.05, 3.63) is 0 Å². The summed E-state index contributed by atoms with van der Waals surface area (Å²) in [7, 11) is 0. The summed E-state index contributed by atoms with van der Waals surface area (Å²) in [6.45, 7) is 6.51. The summed E-state index contributed by atoms with van der Waals surface area (Å²) in [5, 5.41) is 0. The molecule has 1 rings (SSSR count). The minimum atomic E-state index is 1.13. The van der Waals surface area contributed by atoms with Crippen LogP contribution in [-0.2, 0) is 0 Å². The van der Waals surface area contributed by atoms with Crippen LogP contribution in [0.5, 0.6) is 0 Å². The summed E-state index contributed by atoms with van der Waals surface area (Å²) in [4.78, 5) is 0. The van der Waals surface area contributed by atoms with Gasteiger partial charge in [0.2, 0.25) is 0 Å². The molecule has 0 spiro atoms. The van der Waals surface area contributed by atoms with E-state index in [4.69, 9.17) is 0 Å². The molecule has 1 aliphatic carbocycles. The minimum Gasteiger partial charge on any atom is -0.0656 e. The third-order valence-electron chi connectivity index (χ3n) is 1.27. The van der Waals surface area contributed by atoms with Gasteiger partial charge in [-0.1, -0.05) is 46.5 Å². The van der Waals surface area contributed by atoms with Crippen molar-refractivity contribution < 1.29 is 0 Å². The Morgan fingerprint density at radius 3 is 1.50 bits per heavy atom. The molecule has 1 aliphatic rings. The molecule has 0 aromatic rings. The summed E-state index contributed by atoms with van der Waals surface area (Å²) in [6, 6.07) is 0. The van der Waals surface area contributed by atoms with Crippen LogP contribution < -0.4 is 0 Å². The van der Waals surface area contributed by atoms with Gasteiger partial charge in [0.25, 0.3) is 0 Å². The Morgan fingerprint density at radius 1 is 1.12 bits per heavy atom. The zero-order valence-electron chi connectivity index (χ0n) is 6.41. The van der Waals surface area contributed by atoms with E-state index in [9.17, 15) is 0 Å². The highest BCUT2D eigenvalue weighted by Gasteiger charge is 2.17. The average molecular weight is 114 g/mol. The molecule has 0 unspecified atom stereocenters. The zero-order chi connectivity index (χ0) is 6.41. The first-order valence-electron chi connectivity index (χ1n) is 3.85. The first-order chi connectivity index (χ1) is 3.85. The topological polar surface area (TPSA) is 0 Å². The largest absolute Gasteiger partial charge is 0.0656 e. The third-order valence-corrected chi connectivity index (χ3v) is 1.27. The molecular formula is C8H18. The van der Waals surface area contributed by atoms with Gasteiger partial charge in [0.05, 0.1) is 0 Å². The van der Waals surface area contributed by atoms with Crippen molar-refractivity contribution in [1.82, 2.24) is 0 Å². The fourth-order valence-electron chi connectivity index (χ4n) is 0.526. The summed E-state index contributed by atoms with van der Waals surface area (Å²) in [6.07, 6.45) is 5.69. The van der Waals surface area contributed by atoms with Gasteiger partial charge in [-0.05, 0) is 5.92 Å². The van der Waals surface area contributed by atoms with Crippen molar-refractivity contribution in [1.29, 1.82) is 0 Å². The van der Waals surface area contributed by atoms with Crippen LogP contribution in [0, 0.1) is 5.92 Å². The van der Waals surface area contributed by atoms with Gasteiger partial charge in [-0.3, -0.25) is 0 Å². The van der Waals surface area contributed by atoms with Gasteiger partial charge in [-0.15, -0.1) is 0 Å². The highest BCUT2D eigenvalue weighted by atomic mass is 14.2. The molecule has 0 bridgehead atoms. The Bertz CT molecular complexity index is 35.3. The van der Waals surface area contributed by atoms with E-state index in [1.165, 1.54) is 25.7 Å². The predicted molar refractivity (Wildman–Crippen MR) is 39.0 cm³/mol. The highest BCUT2D eigenvalue weighted by Crippen LogP contribution is 2.31. The van der Waals surface area contributed by atoms with Crippen LogP contribution >= 0.6 is 0 Å². The van der Waals surface area contributed by atoms with E-state index in [1.807, 2.05) is 0 Å². The van der Waals surface area contributed by atoms with Crippen molar-refractivity contribution in [2.45, 2.75) is 46.5 Å². The van der Waals surface area contributed by atoms with Gasteiger partial charge in [-0.25, -0.2) is 0 Å². The lowest BCUT2D eigenvalue weighted by Gasteiger charge is -1.72. The first-order valence-corrected chi connectivity index (χ1v) is 3.85. The van der Waals surface area contributed by atoms with E-state index in [2.05, 4.69) is 20.8 Å². The van der Waals surface area contributed by atoms with Crippen LogP contribution in [0.1, 0.15) is 46.5 Å². The van der Waals surface area contributed by atoms with Gasteiger partial charge in [0.15, 0.2) is 0 Å². The molecule has 50 valence electrons. The molecule has 1 fully saturated rings. The second-order valence-electron chi connectivity index (χ2n) is 2.56. The van der Waals surface area contributed by atoms with Gasteiger partial charge in [0.1, 0.15) is 0 Å². The molecule has 0 aromatic heterocycles. The van der Waals surface area contributed by atoms with Crippen molar-refractivity contribution in [2.24, 2.45) is 5.92 Å². The highest BCUT2D eigenvalue weighted by molar-refractivity contribution is 4.69. The van der Waals surface area contributed by atoms with Gasteiger partial charge >= 0.3 is 0 Å². The number of rotatable bonds is 1. The van der Waals surface area contributed by atoms with Gasteiger partial charge < -0.3 is 0 Å². The average Bonchev–Trinajstić information content (AvgIpc) is 2.48. The summed E-state index contributed by atoms with van der Waals surface area (Å²) >= 11 is 0. The monoisotopic (exact) mass is 114 g/mol. The zero-order valence-corrected chi connectivity index (χ0v) is 6.41. The summed E-state index contributed by atoms with van der Waals surface area (Å²) in [5.41, 5.74) is 0. The van der Waals surface area contributed by atoms with Crippen LogP contribution in [0.25, 0.3) is 0 Å². The van der Waals surface area contributed by atoms with E-state index in [1.54, 1.807) is 0 Å². The molecule has 0 radical (unpaired) electrons. The van der Waals surface area contributed by atoms with Crippen molar-refractivity contribution in [3.8, 4) is 0 Å². The molecule has 0 nitrogen and oxygen atoms in total. The van der Waals surface area contributed by atoms with E-state index in [0.717, 1.165) is 5.92 Å². The minimum absolute atomic E-state index is 1.13. The second kappa shape index (κ2) is 5.14. The molecule has 0 heterocycles. The maximum atomic E-state index is 2.26. The van der Waals surface area contributed by atoms with E-state index in [0.29, 0.717) is 0 Å². The van der Waals surface area contributed by atoms with Crippen LogP contribution in [0.2, 0.25) is 0 Å². The fraction of sp³-hybridized carbons (Fsp3) is 1.00. The van der Waals surface area contributed by atoms with E-state index >= 15 is 0 Å². The Morgan fingerprint density at radius 2 is 1.50 bits per heavy atom. The summed E-state index contributed by atoms with van der Waals surface area (Å²) in [5.74, 6) is 1.13. The Labute approximate surface area is 53.3 Å². The van der Waals surface area contributed by atoms with Crippen LogP contribution in [0.15, 0.2) is 0 Å². The Hall–Kier alpha value is 0. The number of hydrogen-bond donors (Lipinski definition) is 0. The van der Waals surface area contributed by atoms with Crippen molar-refractivity contribution >= 4 is 0 Å². The lowest BCUT2D eigenvalue weighted by atomic mass is 10.3. The molecule has 0 atom stereocenters. The quantitative estimate of drug-likeness (QED) is 0.491. The molecule has 0 N–H and O–H groups in total. The lowest BCUT2D eigenvalue weighted by molar-refractivity contribution is 0.799.